The van der Waals surface area contributed by atoms with Gasteiger partial charge in [-0.05, 0) is 41.7 Å². The van der Waals surface area contributed by atoms with Crippen LogP contribution in [0.25, 0.3) is 11.1 Å². The third-order valence-electron chi connectivity index (χ3n) is 6.11. The first-order chi connectivity index (χ1) is 12.6. The number of fused-ring (bicyclic) bond motifs is 5. The minimum Gasteiger partial charge on any atom is -0.350 e. The van der Waals surface area contributed by atoms with Crippen LogP contribution in [-0.2, 0) is 12.1 Å². The highest BCUT2D eigenvalue weighted by atomic mass is 15.3. The summed E-state index contributed by atoms with van der Waals surface area (Å²) in [7, 11) is 0. The van der Waals surface area contributed by atoms with Crippen molar-refractivity contribution < 1.29 is 0 Å². The van der Waals surface area contributed by atoms with E-state index in [9.17, 15) is 0 Å². The topological polar surface area (TPSA) is 15.6 Å². The second kappa shape index (κ2) is 5.31. The maximum atomic E-state index is 5.18. The van der Waals surface area contributed by atoms with E-state index in [0.717, 1.165) is 6.54 Å². The highest BCUT2D eigenvalue weighted by Gasteiger charge is 2.58. The molecule has 0 amide bonds. The van der Waals surface area contributed by atoms with E-state index in [1.165, 1.54) is 27.8 Å². The van der Waals surface area contributed by atoms with E-state index >= 15 is 0 Å². The zero-order valence-corrected chi connectivity index (χ0v) is 15.2. The third-order valence-corrected chi connectivity index (χ3v) is 6.11. The van der Waals surface area contributed by atoms with E-state index in [-0.39, 0.29) is 11.1 Å². The van der Waals surface area contributed by atoms with E-state index in [1.54, 1.807) is 0 Å². The van der Waals surface area contributed by atoms with Crippen LogP contribution in [0.5, 0.6) is 0 Å². The second-order valence-electron chi connectivity index (χ2n) is 7.72. The molecule has 2 nitrogen and oxygen atoms in total. The van der Waals surface area contributed by atoms with Gasteiger partial charge in [0.2, 0.25) is 0 Å². The van der Waals surface area contributed by atoms with Crippen LogP contribution in [0, 0.1) is 0 Å². The van der Waals surface area contributed by atoms with Gasteiger partial charge in [0.05, 0.1) is 11.9 Å². The minimum absolute atomic E-state index is 0.161. The van der Waals surface area contributed by atoms with E-state index in [4.69, 9.17) is 4.99 Å². The van der Waals surface area contributed by atoms with Gasteiger partial charge in [-0.25, -0.2) is 0 Å². The molecule has 3 aromatic carbocycles. The molecule has 0 bridgehead atoms. The Kier molecular flexibility index (Phi) is 3.14. The van der Waals surface area contributed by atoms with Gasteiger partial charge in [-0.2, -0.15) is 0 Å². The molecule has 0 unspecified atom stereocenters. The number of aliphatic imine (C=N–C) groups is 1. The minimum atomic E-state index is -0.352. The Morgan fingerprint density at radius 3 is 1.88 bits per heavy atom. The van der Waals surface area contributed by atoms with Gasteiger partial charge in [0.15, 0.2) is 0 Å². The van der Waals surface area contributed by atoms with Gasteiger partial charge >= 0.3 is 0 Å². The average molecular weight is 338 g/mol. The molecule has 2 heteroatoms. The molecule has 1 heterocycles. The van der Waals surface area contributed by atoms with Crippen molar-refractivity contribution in [2.75, 3.05) is 0 Å². The molecule has 3 aromatic rings. The van der Waals surface area contributed by atoms with Crippen molar-refractivity contribution >= 4 is 6.34 Å². The quantitative estimate of drug-likeness (QED) is 0.624. The van der Waals surface area contributed by atoms with E-state index in [1.807, 2.05) is 0 Å². The van der Waals surface area contributed by atoms with Crippen molar-refractivity contribution in [3.63, 3.8) is 0 Å². The van der Waals surface area contributed by atoms with Gasteiger partial charge in [0.25, 0.3) is 0 Å². The van der Waals surface area contributed by atoms with Gasteiger partial charge in [-0.15, -0.1) is 0 Å². The largest absolute Gasteiger partial charge is 0.350 e. The summed E-state index contributed by atoms with van der Waals surface area (Å²) in [5.74, 6) is 0. The molecule has 0 atom stereocenters. The lowest BCUT2D eigenvalue weighted by molar-refractivity contribution is 0.161. The van der Waals surface area contributed by atoms with Crippen molar-refractivity contribution in [3.8, 4) is 11.1 Å². The number of benzene rings is 3. The summed E-state index contributed by atoms with van der Waals surface area (Å²) in [4.78, 5) is 7.57. The summed E-state index contributed by atoms with van der Waals surface area (Å²) in [6.07, 6.45) is 2.06. The Balaban J connectivity index is 1.67. The van der Waals surface area contributed by atoms with Crippen LogP contribution in [0.4, 0.5) is 0 Å². The third kappa shape index (κ3) is 1.84. The molecule has 1 aliphatic carbocycles. The molecule has 128 valence electrons. The zero-order chi connectivity index (χ0) is 17.8. The van der Waals surface area contributed by atoms with Gasteiger partial charge in [0, 0.05) is 6.54 Å². The molecule has 0 saturated carbocycles. The molecule has 0 fully saturated rings. The van der Waals surface area contributed by atoms with Gasteiger partial charge in [-0.1, -0.05) is 78.9 Å². The first-order valence-corrected chi connectivity index (χ1v) is 9.20. The second-order valence-corrected chi connectivity index (χ2v) is 7.72. The highest BCUT2D eigenvalue weighted by Crippen LogP contribution is 2.58. The fourth-order valence-electron chi connectivity index (χ4n) is 4.70. The molecule has 5 rings (SSSR count). The molecule has 26 heavy (non-hydrogen) atoms. The molecule has 0 aromatic heterocycles. The number of nitrogens with zero attached hydrogens (tertiary/aromatic N) is 2. The molecular weight excluding hydrogens is 316 g/mol. The van der Waals surface area contributed by atoms with E-state index in [2.05, 4.69) is 104 Å². The summed E-state index contributed by atoms with van der Waals surface area (Å²) < 4.78 is 0. The van der Waals surface area contributed by atoms with E-state index in [0.29, 0.717) is 0 Å². The lowest BCUT2D eigenvalue weighted by Crippen LogP contribution is -2.52. The van der Waals surface area contributed by atoms with Crippen LogP contribution < -0.4 is 0 Å². The molecule has 2 aliphatic rings. The van der Waals surface area contributed by atoms with Crippen molar-refractivity contribution in [3.05, 3.63) is 95.6 Å². The Morgan fingerprint density at radius 2 is 1.27 bits per heavy atom. The Bertz CT molecular complexity index is 956. The molecular formula is C24H22N2. The first kappa shape index (κ1) is 15.4. The summed E-state index contributed by atoms with van der Waals surface area (Å²) in [6, 6.07) is 28.1. The summed E-state index contributed by atoms with van der Waals surface area (Å²) in [5.41, 5.74) is 6.06. The fraction of sp³-hybridized carbons (Fsp3) is 0.208. The van der Waals surface area contributed by atoms with Gasteiger partial charge in [-0.3, -0.25) is 4.99 Å². The molecule has 1 spiro atoms. The summed E-state index contributed by atoms with van der Waals surface area (Å²) in [5, 5.41) is 0. The van der Waals surface area contributed by atoms with Crippen LogP contribution in [0.15, 0.2) is 83.9 Å². The number of hydrogen-bond acceptors (Lipinski definition) is 2. The van der Waals surface area contributed by atoms with Crippen LogP contribution in [0.1, 0.15) is 30.5 Å². The number of hydrogen-bond donors (Lipinski definition) is 0. The summed E-state index contributed by atoms with van der Waals surface area (Å²) in [6.45, 7) is 5.51. The molecule has 1 aliphatic heterocycles. The van der Waals surface area contributed by atoms with Crippen LogP contribution in [0.2, 0.25) is 0 Å². The van der Waals surface area contributed by atoms with Crippen molar-refractivity contribution in [2.45, 2.75) is 31.5 Å². The molecule has 0 saturated heterocycles. The Labute approximate surface area is 154 Å². The van der Waals surface area contributed by atoms with Crippen LogP contribution >= 0.6 is 0 Å². The Morgan fingerprint density at radius 1 is 0.731 bits per heavy atom. The lowest BCUT2D eigenvalue weighted by atomic mass is 9.73. The predicted molar refractivity (Wildman–Crippen MR) is 107 cm³/mol. The maximum absolute atomic E-state index is 5.18. The van der Waals surface area contributed by atoms with Crippen LogP contribution in [0.3, 0.4) is 0 Å². The van der Waals surface area contributed by atoms with Crippen molar-refractivity contribution in [2.24, 2.45) is 4.99 Å². The van der Waals surface area contributed by atoms with E-state index < -0.39 is 0 Å². The summed E-state index contributed by atoms with van der Waals surface area (Å²) >= 11 is 0. The maximum Gasteiger partial charge on any atom is 0.136 e. The molecule has 0 N–H and O–H groups in total. The van der Waals surface area contributed by atoms with Crippen molar-refractivity contribution in [1.29, 1.82) is 0 Å². The fourth-order valence-corrected chi connectivity index (χ4v) is 4.70. The Hall–Kier alpha value is -2.87. The average Bonchev–Trinajstić information content (AvgIpc) is 3.11. The highest BCUT2D eigenvalue weighted by molar-refractivity contribution is 5.84. The first-order valence-electron chi connectivity index (χ1n) is 9.20. The van der Waals surface area contributed by atoms with Gasteiger partial charge < -0.3 is 4.90 Å². The standard InChI is InChI=1S/C24H22N2/c1-23(2)24(25-17-26(23)16-18-10-4-3-5-11-18)21-14-8-6-12-19(21)20-13-7-9-15-22(20)24/h3-15,17H,16H2,1-2H3. The van der Waals surface area contributed by atoms with Crippen molar-refractivity contribution in [1.82, 2.24) is 4.90 Å². The molecule has 0 radical (unpaired) electrons. The lowest BCUT2D eigenvalue weighted by Gasteiger charge is -2.43. The monoisotopic (exact) mass is 338 g/mol. The normalized spacial score (nSPS) is 18.2. The number of rotatable bonds is 2. The SMILES string of the molecule is CC1(C)N(Cc2ccccc2)C=NC12c1ccccc1-c1ccccc12. The zero-order valence-electron chi connectivity index (χ0n) is 15.2. The predicted octanol–water partition coefficient (Wildman–Crippen LogP) is 5.23. The van der Waals surface area contributed by atoms with Crippen LogP contribution in [-0.4, -0.2) is 16.8 Å². The van der Waals surface area contributed by atoms with Gasteiger partial charge in [0.1, 0.15) is 5.54 Å². The smallest absolute Gasteiger partial charge is 0.136 e.